The summed E-state index contributed by atoms with van der Waals surface area (Å²) in [5, 5.41) is 2.30. The van der Waals surface area contributed by atoms with Crippen molar-refractivity contribution in [2.24, 2.45) is 5.41 Å². The van der Waals surface area contributed by atoms with Gasteiger partial charge >= 0.3 is 6.03 Å². The maximum atomic E-state index is 12.8. The number of hydrogen-bond donors (Lipinski definition) is 1. The molecule has 2 aliphatic rings. The van der Waals surface area contributed by atoms with E-state index in [1.165, 1.54) is 4.90 Å². The molecule has 7 nitrogen and oxygen atoms in total. The lowest BCUT2D eigenvalue weighted by atomic mass is 9.78. The fourth-order valence-corrected chi connectivity index (χ4v) is 3.10. The number of amides is 5. The highest BCUT2D eigenvalue weighted by molar-refractivity contribution is 6.19. The minimum absolute atomic E-state index is 0.00411. The van der Waals surface area contributed by atoms with Crippen LogP contribution in [0.5, 0.6) is 0 Å². The minimum Gasteiger partial charge on any atom is -0.344 e. The van der Waals surface area contributed by atoms with Gasteiger partial charge in [-0.2, -0.15) is 0 Å². The lowest BCUT2D eigenvalue weighted by molar-refractivity contribution is -0.155. The van der Waals surface area contributed by atoms with Gasteiger partial charge in [0.15, 0.2) is 0 Å². The van der Waals surface area contributed by atoms with E-state index >= 15 is 0 Å². The SMILES string of the molecule is CCC1(CC)C(=O)NC(=O)N(C2CCC(=O)N(C)C2)C1=O. The van der Waals surface area contributed by atoms with E-state index in [0.717, 1.165) is 4.90 Å². The Labute approximate surface area is 123 Å². The van der Waals surface area contributed by atoms with Crippen LogP contribution in [0, 0.1) is 5.41 Å². The molecule has 2 heterocycles. The number of nitrogens with one attached hydrogen (secondary N) is 1. The van der Waals surface area contributed by atoms with E-state index in [1.807, 2.05) is 0 Å². The van der Waals surface area contributed by atoms with Gasteiger partial charge in [-0.25, -0.2) is 4.79 Å². The number of carbonyl (C=O) groups excluding carboxylic acids is 4. The van der Waals surface area contributed by atoms with Gasteiger partial charge in [-0.3, -0.25) is 24.6 Å². The lowest BCUT2D eigenvalue weighted by Crippen LogP contribution is -2.67. The fraction of sp³-hybridized carbons (Fsp3) is 0.714. The molecule has 2 aliphatic heterocycles. The van der Waals surface area contributed by atoms with Crippen molar-refractivity contribution in [1.82, 2.24) is 15.1 Å². The summed E-state index contributed by atoms with van der Waals surface area (Å²) in [6.07, 6.45) is 1.44. The number of nitrogens with zero attached hydrogens (tertiary/aromatic N) is 2. The van der Waals surface area contributed by atoms with E-state index in [9.17, 15) is 19.2 Å². The van der Waals surface area contributed by atoms with Crippen LogP contribution in [-0.4, -0.2) is 53.2 Å². The van der Waals surface area contributed by atoms with Crippen molar-refractivity contribution in [3.63, 3.8) is 0 Å². The number of likely N-dealkylation sites (tertiary alicyclic amines) is 1. The van der Waals surface area contributed by atoms with Gasteiger partial charge in [-0.15, -0.1) is 0 Å². The first kappa shape index (κ1) is 15.5. The van der Waals surface area contributed by atoms with Crippen LogP contribution in [0.25, 0.3) is 0 Å². The highest BCUT2D eigenvalue weighted by atomic mass is 16.2. The number of likely N-dealkylation sites (N-methyl/N-ethyl adjacent to an activating group) is 1. The number of piperidine rings is 1. The average molecular weight is 295 g/mol. The molecule has 21 heavy (non-hydrogen) atoms. The molecule has 5 amide bonds. The maximum Gasteiger partial charge on any atom is 0.331 e. The third-order valence-electron chi connectivity index (χ3n) is 4.68. The Morgan fingerprint density at radius 2 is 1.81 bits per heavy atom. The van der Waals surface area contributed by atoms with Crippen LogP contribution in [0.2, 0.25) is 0 Å². The standard InChI is InChI=1S/C14H21N3O4/c1-4-14(5-2)11(19)15-13(21)17(12(14)20)9-6-7-10(18)16(3)8-9/h9H,4-8H2,1-3H3,(H,15,19,21). The summed E-state index contributed by atoms with van der Waals surface area (Å²) in [6, 6.07) is -1.04. The number of urea groups is 1. The van der Waals surface area contributed by atoms with E-state index in [4.69, 9.17) is 0 Å². The highest BCUT2D eigenvalue weighted by Gasteiger charge is 2.53. The summed E-state index contributed by atoms with van der Waals surface area (Å²) in [6.45, 7) is 3.85. The van der Waals surface area contributed by atoms with E-state index < -0.39 is 23.3 Å². The highest BCUT2D eigenvalue weighted by Crippen LogP contribution is 2.34. The molecule has 0 aromatic rings. The molecule has 0 saturated carbocycles. The van der Waals surface area contributed by atoms with Gasteiger partial charge in [-0.1, -0.05) is 13.8 Å². The summed E-state index contributed by atoms with van der Waals surface area (Å²) >= 11 is 0. The van der Waals surface area contributed by atoms with Crippen molar-refractivity contribution in [3.8, 4) is 0 Å². The zero-order chi connectivity index (χ0) is 15.8. The van der Waals surface area contributed by atoms with Crippen LogP contribution in [0.3, 0.4) is 0 Å². The number of imide groups is 2. The Balaban J connectivity index is 2.30. The Kier molecular flexibility index (Phi) is 4.02. The van der Waals surface area contributed by atoms with E-state index in [2.05, 4.69) is 5.32 Å². The van der Waals surface area contributed by atoms with E-state index in [0.29, 0.717) is 32.2 Å². The van der Waals surface area contributed by atoms with Crippen molar-refractivity contribution in [2.75, 3.05) is 13.6 Å². The first-order valence-corrected chi connectivity index (χ1v) is 7.30. The second-order valence-corrected chi connectivity index (χ2v) is 5.69. The summed E-state index contributed by atoms with van der Waals surface area (Å²) in [5.74, 6) is -0.947. The third-order valence-corrected chi connectivity index (χ3v) is 4.68. The molecule has 0 bridgehead atoms. The molecule has 2 saturated heterocycles. The fourth-order valence-electron chi connectivity index (χ4n) is 3.10. The number of rotatable bonds is 3. The Morgan fingerprint density at radius 1 is 1.19 bits per heavy atom. The molecule has 116 valence electrons. The predicted molar refractivity (Wildman–Crippen MR) is 74.1 cm³/mol. The van der Waals surface area contributed by atoms with Crippen LogP contribution in [0.15, 0.2) is 0 Å². The quantitative estimate of drug-likeness (QED) is 0.768. The van der Waals surface area contributed by atoms with Crippen molar-refractivity contribution in [2.45, 2.75) is 45.6 Å². The Morgan fingerprint density at radius 3 is 2.33 bits per heavy atom. The third kappa shape index (κ3) is 2.30. The molecule has 2 fully saturated rings. The first-order valence-electron chi connectivity index (χ1n) is 7.30. The van der Waals surface area contributed by atoms with Crippen molar-refractivity contribution in [3.05, 3.63) is 0 Å². The molecule has 1 atom stereocenters. The van der Waals surface area contributed by atoms with E-state index in [-0.39, 0.29) is 11.9 Å². The number of barbiturate groups is 1. The Hall–Kier alpha value is -1.92. The molecular formula is C14H21N3O4. The summed E-state index contributed by atoms with van der Waals surface area (Å²) in [5.41, 5.74) is -1.17. The molecule has 0 aromatic heterocycles. The number of carbonyl (C=O) groups is 4. The topological polar surface area (TPSA) is 86.8 Å². The van der Waals surface area contributed by atoms with Gasteiger partial charge in [0.25, 0.3) is 0 Å². The van der Waals surface area contributed by atoms with Crippen molar-refractivity contribution < 1.29 is 19.2 Å². The molecule has 1 N–H and O–H groups in total. The predicted octanol–water partition coefficient (Wildman–Crippen LogP) is 0.492. The van der Waals surface area contributed by atoms with Crippen LogP contribution in [0.4, 0.5) is 4.79 Å². The van der Waals surface area contributed by atoms with Crippen molar-refractivity contribution >= 4 is 23.8 Å². The summed E-state index contributed by atoms with van der Waals surface area (Å²) < 4.78 is 0. The minimum atomic E-state index is -1.17. The van der Waals surface area contributed by atoms with Gasteiger partial charge in [0.2, 0.25) is 17.7 Å². The van der Waals surface area contributed by atoms with Crippen LogP contribution in [-0.2, 0) is 14.4 Å². The molecule has 0 aromatic carbocycles. The average Bonchev–Trinajstić information content (AvgIpc) is 2.44. The molecule has 0 spiro atoms. The Bertz CT molecular complexity index is 498. The summed E-state index contributed by atoms with van der Waals surface area (Å²) in [7, 11) is 1.65. The van der Waals surface area contributed by atoms with Crippen LogP contribution >= 0.6 is 0 Å². The lowest BCUT2D eigenvalue weighted by Gasteiger charge is -2.43. The molecular weight excluding hydrogens is 274 g/mol. The summed E-state index contributed by atoms with van der Waals surface area (Å²) in [4.78, 5) is 51.2. The van der Waals surface area contributed by atoms with Gasteiger partial charge in [0.05, 0.1) is 6.04 Å². The zero-order valence-electron chi connectivity index (χ0n) is 12.6. The largest absolute Gasteiger partial charge is 0.344 e. The van der Waals surface area contributed by atoms with Gasteiger partial charge in [0.1, 0.15) is 5.41 Å². The second kappa shape index (κ2) is 5.46. The van der Waals surface area contributed by atoms with E-state index in [1.54, 1.807) is 20.9 Å². The number of hydrogen-bond acceptors (Lipinski definition) is 4. The van der Waals surface area contributed by atoms with Crippen molar-refractivity contribution in [1.29, 1.82) is 0 Å². The molecule has 0 radical (unpaired) electrons. The van der Waals surface area contributed by atoms with Crippen LogP contribution in [0.1, 0.15) is 39.5 Å². The van der Waals surface area contributed by atoms with Gasteiger partial charge in [-0.05, 0) is 19.3 Å². The van der Waals surface area contributed by atoms with Gasteiger partial charge < -0.3 is 4.90 Å². The molecule has 7 heteroatoms. The zero-order valence-corrected chi connectivity index (χ0v) is 12.6. The second-order valence-electron chi connectivity index (χ2n) is 5.69. The smallest absolute Gasteiger partial charge is 0.331 e. The van der Waals surface area contributed by atoms with Crippen LogP contribution < -0.4 is 5.32 Å². The normalized spacial score (nSPS) is 26.1. The molecule has 1 unspecified atom stereocenters. The maximum absolute atomic E-state index is 12.8. The monoisotopic (exact) mass is 295 g/mol. The molecule has 0 aliphatic carbocycles. The van der Waals surface area contributed by atoms with Gasteiger partial charge in [0, 0.05) is 20.0 Å². The first-order chi connectivity index (χ1) is 9.87. The molecule has 2 rings (SSSR count).